The van der Waals surface area contributed by atoms with E-state index in [1.54, 1.807) is 18.5 Å². The molecule has 1 fully saturated rings. The van der Waals surface area contributed by atoms with Gasteiger partial charge >= 0.3 is 0 Å². The number of aromatic nitrogens is 3. The summed E-state index contributed by atoms with van der Waals surface area (Å²) in [6.07, 6.45) is 9.12. The molecule has 0 aromatic carbocycles. The van der Waals surface area contributed by atoms with Gasteiger partial charge in [-0.3, -0.25) is 9.20 Å². The SMILES string of the molecule is CC.NC(=O)c1cc(-c2cnc(NC3CC3)c3nccn23)co1. The topological polar surface area (TPSA) is 98.5 Å². The number of primary amides is 1. The number of nitrogens with one attached hydrogen (secondary N) is 1. The van der Waals surface area contributed by atoms with Crippen LogP contribution < -0.4 is 11.1 Å². The fourth-order valence-corrected chi connectivity index (χ4v) is 2.25. The molecule has 1 saturated carbocycles. The van der Waals surface area contributed by atoms with Crippen LogP contribution in [0.25, 0.3) is 16.9 Å². The monoisotopic (exact) mass is 313 g/mol. The first-order valence-corrected chi connectivity index (χ1v) is 7.69. The number of hydrogen-bond donors (Lipinski definition) is 2. The minimum absolute atomic E-state index is 0.124. The lowest BCUT2D eigenvalue weighted by Crippen LogP contribution is -2.09. The van der Waals surface area contributed by atoms with Crippen LogP contribution in [0.1, 0.15) is 37.2 Å². The van der Waals surface area contributed by atoms with Crippen molar-refractivity contribution in [1.82, 2.24) is 14.4 Å². The maximum absolute atomic E-state index is 11.1. The Morgan fingerprint density at radius 1 is 1.39 bits per heavy atom. The smallest absolute Gasteiger partial charge is 0.284 e. The quantitative estimate of drug-likeness (QED) is 0.771. The number of carbonyl (C=O) groups excluding carboxylic acids is 1. The third-order valence-corrected chi connectivity index (χ3v) is 3.48. The van der Waals surface area contributed by atoms with Crippen LogP contribution in [0.5, 0.6) is 0 Å². The molecule has 1 aliphatic carbocycles. The van der Waals surface area contributed by atoms with Gasteiger partial charge in [-0.2, -0.15) is 0 Å². The Balaban J connectivity index is 0.000000753. The first-order chi connectivity index (χ1) is 11.2. The molecule has 1 amide bonds. The van der Waals surface area contributed by atoms with Gasteiger partial charge in [0.2, 0.25) is 0 Å². The highest BCUT2D eigenvalue weighted by atomic mass is 16.3. The van der Waals surface area contributed by atoms with Gasteiger partial charge in [-0.05, 0) is 18.9 Å². The predicted molar refractivity (Wildman–Crippen MR) is 87.2 cm³/mol. The molecule has 23 heavy (non-hydrogen) atoms. The Bertz CT molecular complexity index is 832. The molecule has 0 spiro atoms. The lowest BCUT2D eigenvalue weighted by molar-refractivity contribution is 0.0974. The fraction of sp³-hybridized carbons (Fsp3) is 0.312. The Hall–Kier alpha value is -2.83. The van der Waals surface area contributed by atoms with E-state index in [-0.39, 0.29) is 5.76 Å². The molecule has 0 saturated heterocycles. The van der Waals surface area contributed by atoms with Gasteiger partial charge in [-0.15, -0.1) is 0 Å². The van der Waals surface area contributed by atoms with Crippen molar-refractivity contribution in [2.45, 2.75) is 32.7 Å². The average Bonchev–Trinajstić information content (AvgIpc) is 3.06. The summed E-state index contributed by atoms with van der Waals surface area (Å²) >= 11 is 0. The highest BCUT2D eigenvalue weighted by Gasteiger charge is 2.23. The predicted octanol–water partition coefficient (Wildman–Crippen LogP) is 2.69. The molecule has 0 radical (unpaired) electrons. The molecule has 120 valence electrons. The van der Waals surface area contributed by atoms with Crippen molar-refractivity contribution < 1.29 is 9.21 Å². The summed E-state index contributed by atoms with van der Waals surface area (Å²) in [4.78, 5) is 19.9. The van der Waals surface area contributed by atoms with Crippen molar-refractivity contribution in [2.24, 2.45) is 5.73 Å². The van der Waals surface area contributed by atoms with Gasteiger partial charge in [0.25, 0.3) is 5.91 Å². The van der Waals surface area contributed by atoms with Gasteiger partial charge in [0, 0.05) is 24.0 Å². The summed E-state index contributed by atoms with van der Waals surface area (Å²) in [5, 5.41) is 3.36. The first kappa shape index (κ1) is 15.1. The molecule has 0 bridgehead atoms. The van der Waals surface area contributed by atoms with Crippen LogP contribution in [0.15, 0.2) is 35.3 Å². The third-order valence-electron chi connectivity index (χ3n) is 3.48. The Labute approximate surface area is 133 Å². The van der Waals surface area contributed by atoms with E-state index in [2.05, 4.69) is 15.3 Å². The summed E-state index contributed by atoms with van der Waals surface area (Å²) in [5.74, 6) is 0.298. The van der Waals surface area contributed by atoms with Gasteiger partial charge in [0.1, 0.15) is 6.26 Å². The average molecular weight is 313 g/mol. The lowest BCUT2D eigenvalue weighted by atomic mass is 10.2. The minimum atomic E-state index is -0.594. The molecule has 1 aliphatic rings. The summed E-state index contributed by atoms with van der Waals surface area (Å²) in [6.45, 7) is 4.00. The second-order valence-corrected chi connectivity index (χ2v) is 5.10. The second-order valence-electron chi connectivity index (χ2n) is 5.10. The normalized spacial score (nSPS) is 13.5. The summed E-state index contributed by atoms with van der Waals surface area (Å²) in [7, 11) is 0. The largest absolute Gasteiger partial charge is 0.458 e. The molecule has 7 heteroatoms. The number of imidazole rings is 1. The van der Waals surface area contributed by atoms with E-state index in [4.69, 9.17) is 10.2 Å². The molecule has 3 heterocycles. The number of nitrogens with zero attached hydrogens (tertiary/aromatic N) is 3. The molecule has 3 N–H and O–H groups in total. The van der Waals surface area contributed by atoms with E-state index in [1.165, 1.54) is 19.1 Å². The van der Waals surface area contributed by atoms with Crippen molar-refractivity contribution in [1.29, 1.82) is 0 Å². The van der Waals surface area contributed by atoms with Gasteiger partial charge < -0.3 is 15.5 Å². The van der Waals surface area contributed by atoms with Crippen molar-refractivity contribution in [3.05, 3.63) is 36.7 Å². The standard InChI is InChI=1S/C14H13N5O2.C2H6/c15-12(20)11-5-8(7-21-11)10-6-17-13(18-9-1-2-9)14-16-3-4-19(10)14;1-2/h3-7,9H,1-2H2,(H2,15,20)(H,17,18);1-2H3. The number of fused-ring (bicyclic) bond motifs is 1. The van der Waals surface area contributed by atoms with E-state index in [0.29, 0.717) is 6.04 Å². The zero-order valence-electron chi connectivity index (χ0n) is 13.1. The van der Waals surface area contributed by atoms with E-state index in [1.807, 2.05) is 24.4 Å². The first-order valence-electron chi connectivity index (χ1n) is 7.69. The number of carbonyl (C=O) groups is 1. The van der Waals surface area contributed by atoms with Crippen molar-refractivity contribution in [3.8, 4) is 11.3 Å². The molecule has 3 aromatic heterocycles. The van der Waals surface area contributed by atoms with Crippen molar-refractivity contribution in [3.63, 3.8) is 0 Å². The molecule has 3 aromatic rings. The van der Waals surface area contributed by atoms with Crippen LogP contribution in [0.2, 0.25) is 0 Å². The van der Waals surface area contributed by atoms with Gasteiger partial charge in [0.15, 0.2) is 17.2 Å². The zero-order chi connectivity index (χ0) is 16.4. The summed E-state index contributed by atoms with van der Waals surface area (Å²) in [6, 6.07) is 2.10. The minimum Gasteiger partial charge on any atom is -0.458 e. The number of rotatable bonds is 4. The van der Waals surface area contributed by atoms with E-state index in [0.717, 1.165) is 22.7 Å². The molecule has 0 atom stereocenters. The second kappa shape index (κ2) is 6.12. The van der Waals surface area contributed by atoms with Crippen molar-refractivity contribution >= 4 is 17.4 Å². The van der Waals surface area contributed by atoms with Crippen molar-refractivity contribution in [2.75, 3.05) is 5.32 Å². The van der Waals surface area contributed by atoms with Crippen LogP contribution in [-0.4, -0.2) is 26.3 Å². The maximum Gasteiger partial charge on any atom is 0.284 e. The van der Waals surface area contributed by atoms with E-state index < -0.39 is 5.91 Å². The molecule has 0 unspecified atom stereocenters. The molecule has 4 rings (SSSR count). The van der Waals surface area contributed by atoms with Crippen LogP contribution in [0.3, 0.4) is 0 Å². The Kier molecular flexibility index (Phi) is 4.01. The molecule has 7 nitrogen and oxygen atoms in total. The van der Waals surface area contributed by atoms with Crippen LogP contribution in [0.4, 0.5) is 5.82 Å². The Morgan fingerprint density at radius 2 is 2.17 bits per heavy atom. The molecular formula is C16H19N5O2. The summed E-state index contributed by atoms with van der Waals surface area (Å²) < 4.78 is 7.07. The number of amides is 1. The lowest BCUT2D eigenvalue weighted by Gasteiger charge is -2.08. The van der Waals surface area contributed by atoms with Gasteiger partial charge in [-0.25, -0.2) is 9.97 Å². The van der Waals surface area contributed by atoms with Crippen LogP contribution in [-0.2, 0) is 0 Å². The fourth-order valence-electron chi connectivity index (χ4n) is 2.25. The maximum atomic E-state index is 11.1. The summed E-state index contributed by atoms with van der Waals surface area (Å²) in [5.41, 5.74) is 7.48. The van der Waals surface area contributed by atoms with E-state index in [9.17, 15) is 4.79 Å². The number of hydrogen-bond acceptors (Lipinski definition) is 5. The van der Waals surface area contributed by atoms with E-state index >= 15 is 0 Å². The molecule has 0 aliphatic heterocycles. The van der Waals surface area contributed by atoms with Crippen LogP contribution in [0, 0.1) is 0 Å². The van der Waals surface area contributed by atoms with Crippen LogP contribution >= 0.6 is 0 Å². The highest BCUT2D eigenvalue weighted by Crippen LogP contribution is 2.28. The van der Waals surface area contributed by atoms with Gasteiger partial charge in [-0.1, -0.05) is 13.8 Å². The number of furan rings is 1. The highest BCUT2D eigenvalue weighted by molar-refractivity contribution is 5.91. The molecular weight excluding hydrogens is 294 g/mol. The zero-order valence-corrected chi connectivity index (χ0v) is 13.1. The van der Waals surface area contributed by atoms with Gasteiger partial charge in [0.05, 0.1) is 11.9 Å². The number of nitrogens with two attached hydrogens (primary N) is 1. The number of anilines is 1. The third kappa shape index (κ3) is 2.90. The Morgan fingerprint density at radius 3 is 2.83 bits per heavy atom.